The minimum atomic E-state index is -0.594. The lowest BCUT2D eigenvalue weighted by atomic mass is 9.96. The van der Waals surface area contributed by atoms with E-state index < -0.39 is 5.97 Å². The van der Waals surface area contributed by atoms with Gasteiger partial charge in [0.2, 0.25) is 0 Å². The number of hydrogen-bond donors (Lipinski definition) is 0. The first-order valence-electron chi connectivity index (χ1n) is 10.2. The van der Waals surface area contributed by atoms with E-state index in [1.54, 1.807) is 12.3 Å². The molecule has 0 amide bonds. The summed E-state index contributed by atoms with van der Waals surface area (Å²) in [6.45, 7) is 0. The van der Waals surface area contributed by atoms with Crippen LogP contribution in [-0.4, -0.2) is 39.4 Å². The molecule has 0 atom stereocenters. The van der Waals surface area contributed by atoms with Gasteiger partial charge in [0.1, 0.15) is 11.2 Å². The van der Waals surface area contributed by atoms with Crippen LogP contribution in [0.4, 0.5) is 0 Å². The predicted octanol–water partition coefficient (Wildman–Crippen LogP) is 3.38. The molecule has 1 fully saturated rings. The summed E-state index contributed by atoms with van der Waals surface area (Å²) in [7, 11) is 1.29. The Morgan fingerprint density at radius 2 is 1.77 bits per heavy atom. The number of carbonyl (C=O) groups excluding carboxylic acids is 2. The second kappa shape index (κ2) is 8.90. The quantitative estimate of drug-likeness (QED) is 0.625. The summed E-state index contributed by atoms with van der Waals surface area (Å²) in [5.41, 5.74) is 1.62. The van der Waals surface area contributed by atoms with Gasteiger partial charge in [-0.15, -0.1) is 0 Å². The fraction of sp³-hybridized carbons (Fsp3) is 0.304. The van der Waals surface area contributed by atoms with Crippen molar-refractivity contribution in [3.8, 4) is 5.69 Å². The number of hydrogen-bond acceptors (Lipinski definition) is 5. The Bertz CT molecular complexity index is 1110. The highest BCUT2D eigenvalue weighted by molar-refractivity contribution is 5.97. The maximum absolute atomic E-state index is 13.5. The molecule has 4 rings (SSSR count). The summed E-state index contributed by atoms with van der Waals surface area (Å²) in [5, 5.41) is 4.32. The topological polar surface area (TPSA) is 78.5 Å². The van der Waals surface area contributed by atoms with Crippen molar-refractivity contribution in [1.29, 1.82) is 0 Å². The molecule has 0 aliphatic heterocycles. The first-order valence-corrected chi connectivity index (χ1v) is 10.2. The van der Waals surface area contributed by atoms with E-state index in [-0.39, 0.29) is 23.3 Å². The largest absolute Gasteiger partial charge is 0.464 e. The van der Waals surface area contributed by atoms with Gasteiger partial charge in [-0.25, -0.2) is 9.48 Å². The summed E-state index contributed by atoms with van der Waals surface area (Å²) in [5.74, 6) is -0.902. The lowest BCUT2D eigenvalue weighted by Gasteiger charge is -2.17. The molecule has 0 N–H and O–H groups in total. The molecule has 1 saturated carbocycles. The van der Waals surface area contributed by atoms with Crippen molar-refractivity contribution in [2.24, 2.45) is 4.99 Å². The van der Waals surface area contributed by atoms with Crippen molar-refractivity contribution in [1.82, 2.24) is 14.3 Å². The smallest absolute Gasteiger partial charge is 0.358 e. The average molecular weight is 404 g/mol. The molecule has 7 nitrogen and oxygen atoms in total. The number of ether oxygens (including phenoxy) is 1. The Morgan fingerprint density at radius 3 is 2.50 bits per heavy atom. The molecule has 0 bridgehead atoms. The molecule has 1 aromatic carbocycles. The Balaban J connectivity index is 1.80. The number of esters is 1. The highest BCUT2D eigenvalue weighted by Crippen LogP contribution is 2.20. The molecule has 30 heavy (non-hydrogen) atoms. The van der Waals surface area contributed by atoms with Crippen LogP contribution in [-0.2, 0) is 4.74 Å². The molecular formula is C23H24N4O3. The van der Waals surface area contributed by atoms with Crippen molar-refractivity contribution < 1.29 is 14.3 Å². The van der Waals surface area contributed by atoms with E-state index in [2.05, 4.69) is 5.10 Å². The normalized spacial score (nSPS) is 15.2. The Hall–Kier alpha value is -3.48. The lowest BCUT2D eigenvalue weighted by Crippen LogP contribution is -2.30. The zero-order valence-electron chi connectivity index (χ0n) is 16.9. The Labute approximate surface area is 174 Å². The summed E-state index contributed by atoms with van der Waals surface area (Å²) >= 11 is 0. The van der Waals surface area contributed by atoms with E-state index in [0.29, 0.717) is 11.2 Å². The minimum Gasteiger partial charge on any atom is -0.464 e. The van der Waals surface area contributed by atoms with Crippen LogP contribution in [0.15, 0.2) is 65.8 Å². The molecule has 1 aliphatic carbocycles. The van der Waals surface area contributed by atoms with E-state index in [1.165, 1.54) is 28.8 Å². The molecular weight excluding hydrogens is 380 g/mol. The third kappa shape index (κ3) is 4.10. The number of pyridine rings is 1. The van der Waals surface area contributed by atoms with E-state index in [9.17, 15) is 9.59 Å². The summed E-state index contributed by atoms with van der Waals surface area (Å²) < 4.78 is 7.79. The van der Waals surface area contributed by atoms with Gasteiger partial charge in [-0.2, -0.15) is 5.10 Å². The highest BCUT2D eigenvalue weighted by Gasteiger charge is 2.22. The van der Waals surface area contributed by atoms with Gasteiger partial charge in [0.15, 0.2) is 5.69 Å². The fourth-order valence-electron chi connectivity index (χ4n) is 3.74. The lowest BCUT2D eigenvalue weighted by molar-refractivity contribution is 0.0593. The van der Waals surface area contributed by atoms with E-state index in [1.807, 2.05) is 42.5 Å². The van der Waals surface area contributed by atoms with Crippen LogP contribution in [0, 0.1) is 0 Å². The van der Waals surface area contributed by atoms with Crippen LogP contribution in [0.25, 0.3) is 5.69 Å². The minimum absolute atomic E-state index is 0.0759. The molecule has 0 radical (unpaired) electrons. The van der Waals surface area contributed by atoms with Gasteiger partial charge in [0.25, 0.3) is 5.91 Å². The van der Waals surface area contributed by atoms with Gasteiger partial charge in [-0.3, -0.25) is 14.4 Å². The van der Waals surface area contributed by atoms with Crippen LogP contribution in [0.5, 0.6) is 0 Å². The van der Waals surface area contributed by atoms with Gasteiger partial charge < -0.3 is 4.74 Å². The number of aromatic nitrogens is 3. The SMILES string of the molecule is COC(=O)c1cc(C(=O)n2ccccc2=NC2CCCCC2)n(-c2ccccc2)n1. The van der Waals surface area contributed by atoms with Gasteiger partial charge in [-0.1, -0.05) is 43.5 Å². The fourth-order valence-corrected chi connectivity index (χ4v) is 3.74. The van der Waals surface area contributed by atoms with Crippen molar-refractivity contribution in [3.63, 3.8) is 0 Å². The first kappa shape index (κ1) is 19.8. The Morgan fingerprint density at radius 1 is 1.03 bits per heavy atom. The number of benzene rings is 1. The van der Waals surface area contributed by atoms with Crippen LogP contribution in [0.3, 0.4) is 0 Å². The van der Waals surface area contributed by atoms with Crippen molar-refractivity contribution in [2.45, 2.75) is 38.1 Å². The molecule has 3 aromatic rings. The van der Waals surface area contributed by atoms with Crippen LogP contribution >= 0.6 is 0 Å². The third-order valence-corrected chi connectivity index (χ3v) is 5.27. The molecule has 154 valence electrons. The third-order valence-electron chi connectivity index (χ3n) is 5.27. The maximum Gasteiger partial charge on any atom is 0.358 e. The first-order chi connectivity index (χ1) is 14.7. The second-order valence-electron chi connectivity index (χ2n) is 7.31. The summed E-state index contributed by atoms with van der Waals surface area (Å²) in [4.78, 5) is 30.4. The monoisotopic (exact) mass is 404 g/mol. The molecule has 0 unspecified atom stereocenters. The number of nitrogens with zero attached hydrogens (tertiary/aromatic N) is 4. The standard InChI is InChI=1S/C23H24N4O3/c1-30-23(29)19-16-20(27(25-19)18-12-6-3-7-13-18)22(28)26-15-9-8-14-21(26)24-17-10-4-2-5-11-17/h3,6-9,12-17H,2,4-5,10-11H2,1H3. The summed E-state index contributed by atoms with van der Waals surface area (Å²) in [6.07, 6.45) is 7.35. The zero-order chi connectivity index (χ0) is 20.9. The second-order valence-corrected chi connectivity index (χ2v) is 7.31. The van der Waals surface area contributed by atoms with Crippen LogP contribution in [0.1, 0.15) is 53.1 Å². The van der Waals surface area contributed by atoms with Gasteiger partial charge in [-0.05, 0) is 37.1 Å². The molecule has 0 spiro atoms. The predicted molar refractivity (Wildman–Crippen MR) is 112 cm³/mol. The van der Waals surface area contributed by atoms with Crippen molar-refractivity contribution in [2.75, 3.05) is 7.11 Å². The average Bonchev–Trinajstić information content (AvgIpc) is 3.25. The van der Waals surface area contributed by atoms with Gasteiger partial charge >= 0.3 is 5.97 Å². The van der Waals surface area contributed by atoms with Crippen molar-refractivity contribution >= 4 is 11.9 Å². The van der Waals surface area contributed by atoms with Gasteiger partial charge in [0, 0.05) is 12.3 Å². The molecule has 1 aliphatic rings. The van der Waals surface area contributed by atoms with E-state index in [4.69, 9.17) is 9.73 Å². The van der Waals surface area contributed by atoms with Gasteiger partial charge in [0.05, 0.1) is 18.8 Å². The highest BCUT2D eigenvalue weighted by atomic mass is 16.5. The molecule has 7 heteroatoms. The zero-order valence-corrected chi connectivity index (χ0v) is 16.9. The summed E-state index contributed by atoms with van der Waals surface area (Å²) in [6, 6.07) is 16.4. The molecule has 2 heterocycles. The number of rotatable bonds is 4. The molecule has 2 aromatic heterocycles. The number of methoxy groups -OCH3 is 1. The van der Waals surface area contributed by atoms with E-state index >= 15 is 0 Å². The van der Waals surface area contributed by atoms with E-state index in [0.717, 1.165) is 25.7 Å². The Kier molecular flexibility index (Phi) is 5.88. The maximum atomic E-state index is 13.5. The van der Waals surface area contributed by atoms with Crippen LogP contribution < -0.4 is 5.49 Å². The van der Waals surface area contributed by atoms with Crippen molar-refractivity contribution in [3.05, 3.63) is 77.7 Å². The molecule has 0 saturated heterocycles. The number of carbonyl (C=O) groups is 2. The number of para-hydroxylation sites is 1. The van der Waals surface area contributed by atoms with Crippen LogP contribution in [0.2, 0.25) is 0 Å².